The van der Waals surface area contributed by atoms with Gasteiger partial charge in [0.1, 0.15) is 6.04 Å². The second kappa shape index (κ2) is 7.03. The van der Waals surface area contributed by atoms with Crippen LogP contribution in [0.5, 0.6) is 0 Å². The highest BCUT2D eigenvalue weighted by molar-refractivity contribution is 6.05. The fourth-order valence-electron chi connectivity index (χ4n) is 4.32. The van der Waals surface area contributed by atoms with Crippen LogP contribution in [-0.2, 0) is 27.4 Å². The molecule has 1 aromatic carbocycles. The summed E-state index contributed by atoms with van der Waals surface area (Å²) in [5.41, 5.74) is 8.65. The lowest BCUT2D eigenvalue weighted by Gasteiger charge is -2.29. The molecule has 3 aliphatic rings. The molecule has 144 valence electrons. The first-order chi connectivity index (χ1) is 13.0. The lowest BCUT2D eigenvalue weighted by Crippen LogP contribution is -2.52. The molecule has 27 heavy (non-hydrogen) atoms. The van der Waals surface area contributed by atoms with Crippen LogP contribution in [0, 0.1) is 0 Å². The van der Waals surface area contributed by atoms with Gasteiger partial charge in [-0.1, -0.05) is 18.2 Å². The van der Waals surface area contributed by atoms with Gasteiger partial charge in [-0.2, -0.15) is 0 Å². The minimum atomic E-state index is -0.589. The van der Waals surface area contributed by atoms with E-state index in [0.717, 1.165) is 17.7 Å². The van der Waals surface area contributed by atoms with Crippen molar-refractivity contribution in [2.75, 3.05) is 20.2 Å². The van der Waals surface area contributed by atoms with E-state index in [9.17, 15) is 14.4 Å². The number of amides is 3. The standard InChI is InChI=1S/C19H24N4O4/c1-27-15-10-22(9-13(15)20)7-11-3-2-4-12-8-23(19(26)17(11)12)14-5-6-16(24)21-18(14)25/h2-4,13-15H,5-10,20H2,1H3,(H,21,24,25)/t13-,14?,15-/m1/s1. The Morgan fingerprint density at radius 2 is 2.07 bits per heavy atom. The van der Waals surface area contributed by atoms with Gasteiger partial charge in [0.05, 0.1) is 6.10 Å². The van der Waals surface area contributed by atoms with E-state index in [-0.39, 0.29) is 36.3 Å². The van der Waals surface area contributed by atoms with Crippen molar-refractivity contribution in [1.29, 1.82) is 0 Å². The Morgan fingerprint density at radius 3 is 2.78 bits per heavy atom. The number of methoxy groups -OCH3 is 1. The molecule has 2 fully saturated rings. The van der Waals surface area contributed by atoms with Crippen LogP contribution in [0.25, 0.3) is 0 Å². The highest BCUT2D eigenvalue weighted by atomic mass is 16.5. The fraction of sp³-hybridized carbons (Fsp3) is 0.526. The van der Waals surface area contributed by atoms with Gasteiger partial charge in [-0.05, 0) is 17.5 Å². The van der Waals surface area contributed by atoms with E-state index < -0.39 is 6.04 Å². The summed E-state index contributed by atoms with van der Waals surface area (Å²) >= 11 is 0. The van der Waals surface area contributed by atoms with Crippen molar-refractivity contribution in [2.24, 2.45) is 5.73 Å². The van der Waals surface area contributed by atoms with Crippen molar-refractivity contribution < 1.29 is 19.1 Å². The average molecular weight is 372 g/mol. The third-order valence-corrected chi connectivity index (χ3v) is 5.72. The van der Waals surface area contributed by atoms with Crippen molar-refractivity contribution in [3.05, 3.63) is 34.9 Å². The Labute approximate surface area is 157 Å². The van der Waals surface area contributed by atoms with E-state index in [2.05, 4.69) is 10.2 Å². The summed E-state index contributed by atoms with van der Waals surface area (Å²) < 4.78 is 5.41. The number of nitrogens with two attached hydrogens (primary N) is 1. The highest BCUT2D eigenvalue weighted by Crippen LogP contribution is 2.31. The number of hydrogen-bond acceptors (Lipinski definition) is 6. The number of likely N-dealkylation sites (tertiary alicyclic amines) is 1. The highest BCUT2D eigenvalue weighted by Gasteiger charge is 2.40. The van der Waals surface area contributed by atoms with E-state index in [1.165, 1.54) is 0 Å². The summed E-state index contributed by atoms with van der Waals surface area (Å²) in [7, 11) is 1.66. The second-order valence-corrected chi connectivity index (χ2v) is 7.48. The molecule has 0 radical (unpaired) electrons. The van der Waals surface area contributed by atoms with E-state index in [0.29, 0.717) is 31.6 Å². The molecule has 0 aliphatic carbocycles. The largest absolute Gasteiger partial charge is 0.378 e. The van der Waals surface area contributed by atoms with Crippen LogP contribution in [-0.4, -0.2) is 65.9 Å². The predicted molar refractivity (Wildman–Crippen MR) is 96.5 cm³/mol. The molecule has 1 aromatic rings. The molecule has 2 saturated heterocycles. The number of hydrogen-bond donors (Lipinski definition) is 2. The number of carbonyl (C=O) groups is 3. The topological polar surface area (TPSA) is 105 Å². The summed E-state index contributed by atoms with van der Waals surface area (Å²) in [6, 6.07) is 5.20. The van der Waals surface area contributed by atoms with Gasteiger partial charge in [-0.3, -0.25) is 24.6 Å². The molecule has 3 heterocycles. The van der Waals surface area contributed by atoms with Crippen molar-refractivity contribution in [1.82, 2.24) is 15.1 Å². The number of ether oxygens (including phenoxy) is 1. The number of nitrogens with one attached hydrogen (secondary N) is 1. The number of carbonyl (C=O) groups excluding carboxylic acids is 3. The van der Waals surface area contributed by atoms with E-state index >= 15 is 0 Å². The number of nitrogens with zero attached hydrogens (tertiary/aromatic N) is 2. The van der Waals surface area contributed by atoms with Crippen LogP contribution in [0.3, 0.4) is 0 Å². The first-order valence-corrected chi connectivity index (χ1v) is 9.24. The van der Waals surface area contributed by atoms with Crippen molar-refractivity contribution in [2.45, 2.75) is 44.1 Å². The molecular formula is C19H24N4O4. The summed E-state index contributed by atoms with van der Waals surface area (Å²) in [5, 5.41) is 2.34. The van der Waals surface area contributed by atoms with Gasteiger partial charge in [0.2, 0.25) is 11.8 Å². The van der Waals surface area contributed by atoms with Gasteiger partial charge in [-0.15, -0.1) is 0 Å². The molecular weight excluding hydrogens is 348 g/mol. The zero-order chi connectivity index (χ0) is 19.1. The van der Waals surface area contributed by atoms with Gasteiger partial charge in [0.25, 0.3) is 5.91 Å². The Kier molecular flexibility index (Phi) is 4.71. The van der Waals surface area contributed by atoms with Gasteiger partial charge < -0.3 is 15.4 Å². The van der Waals surface area contributed by atoms with Crippen molar-refractivity contribution in [3.8, 4) is 0 Å². The summed E-state index contributed by atoms with van der Waals surface area (Å²) in [6.07, 6.45) is 0.626. The lowest BCUT2D eigenvalue weighted by atomic mass is 10.0. The molecule has 1 unspecified atom stereocenters. The molecule has 3 atom stereocenters. The predicted octanol–water partition coefficient (Wildman–Crippen LogP) is -0.394. The lowest BCUT2D eigenvalue weighted by molar-refractivity contribution is -0.136. The minimum absolute atomic E-state index is 0.00238. The van der Waals surface area contributed by atoms with Crippen LogP contribution in [0.2, 0.25) is 0 Å². The SMILES string of the molecule is CO[C@@H]1CN(Cc2cccc3c2C(=O)N(C2CCC(=O)NC2=O)C3)C[C@H]1N. The summed E-state index contributed by atoms with van der Waals surface area (Å²) in [5.74, 6) is -0.802. The first kappa shape index (κ1) is 18.1. The van der Waals surface area contributed by atoms with Crippen LogP contribution in [0.1, 0.15) is 34.3 Å². The number of piperidine rings is 1. The molecule has 4 rings (SSSR count). The molecule has 0 bridgehead atoms. The maximum Gasteiger partial charge on any atom is 0.255 e. The van der Waals surface area contributed by atoms with E-state index in [1.807, 2.05) is 18.2 Å². The molecule has 3 N–H and O–H groups in total. The van der Waals surface area contributed by atoms with Gasteiger partial charge >= 0.3 is 0 Å². The third kappa shape index (κ3) is 3.24. The maximum absolute atomic E-state index is 13.1. The number of fused-ring (bicyclic) bond motifs is 1. The van der Waals surface area contributed by atoms with Crippen molar-refractivity contribution >= 4 is 17.7 Å². The zero-order valence-electron chi connectivity index (χ0n) is 15.3. The quantitative estimate of drug-likeness (QED) is 0.697. The normalized spacial score (nSPS) is 28.6. The summed E-state index contributed by atoms with van der Waals surface area (Å²) in [6.45, 7) is 2.46. The molecule has 0 saturated carbocycles. The average Bonchev–Trinajstić information content (AvgIpc) is 3.15. The minimum Gasteiger partial charge on any atom is -0.378 e. The second-order valence-electron chi connectivity index (χ2n) is 7.48. The Balaban J connectivity index is 1.53. The number of rotatable bonds is 4. The molecule has 8 nitrogen and oxygen atoms in total. The molecule has 3 amide bonds. The Bertz CT molecular complexity index is 796. The van der Waals surface area contributed by atoms with Crippen molar-refractivity contribution in [3.63, 3.8) is 0 Å². The smallest absolute Gasteiger partial charge is 0.255 e. The third-order valence-electron chi connectivity index (χ3n) is 5.72. The van der Waals surface area contributed by atoms with E-state index in [1.54, 1.807) is 12.0 Å². The fourth-order valence-corrected chi connectivity index (χ4v) is 4.32. The molecule has 8 heteroatoms. The molecule has 3 aliphatic heterocycles. The molecule has 0 aromatic heterocycles. The Hall–Kier alpha value is -2.29. The monoisotopic (exact) mass is 372 g/mol. The van der Waals surface area contributed by atoms with E-state index in [4.69, 9.17) is 10.5 Å². The number of benzene rings is 1. The van der Waals surface area contributed by atoms with Crippen LogP contribution in [0.15, 0.2) is 18.2 Å². The zero-order valence-corrected chi connectivity index (χ0v) is 15.3. The molecule has 0 spiro atoms. The maximum atomic E-state index is 13.1. The number of imide groups is 1. The van der Waals surface area contributed by atoms with Crippen LogP contribution < -0.4 is 11.1 Å². The Morgan fingerprint density at radius 1 is 1.26 bits per heavy atom. The van der Waals surface area contributed by atoms with Gasteiger partial charge in [-0.25, -0.2) is 0 Å². The van der Waals surface area contributed by atoms with Gasteiger partial charge in [0.15, 0.2) is 0 Å². The first-order valence-electron chi connectivity index (χ1n) is 9.24. The summed E-state index contributed by atoms with van der Waals surface area (Å²) in [4.78, 5) is 40.5. The van der Waals surface area contributed by atoms with Crippen LogP contribution >= 0.6 is 0 Å². The van der Waals surface area contributed by atoms with Gasteiger partial charge in [0, 0.05) is 51.3 Å². The van der Waals surface area contributed by atoms with Crippen LogP contribution in [0.4, 0.5) is 0 Å².